The van der Waals surface area contributed by atoms with Crippen LogP contribution in [0.25, 0.3) is 0 Å². The number of ketones is 1. The fraction of sp³-hybridized carbons (Fsp3) is 0.444. The number of carbonyl (C=O) groups excluding carboxylic acids is 1. The molecule has 0 radical (unpaired) electrons. The average molecular weight is 427 g/mol. The zero-order valence-electron chi connectivity index (χ0n) is 14.9. The van der Waals surface area contributed by atoms with E-state index in [1.165, 1.54) is 0 Å². The second-order valence-electron chi connectivity index (χ2n) is 5.74. The van der Waals surface area contributed by atoms with Crippen molar-refractivity contribution >= 4 is 39.0 Å². The minimum atomic E-state index is -0.331. The quantitative estimate of drug-likeness (QED) is 0.642. The molecule has 1 aromatic carbocycles. The summed E-state index contributed by atoms with van der Waals surface area (Å²) in [6.45, 7) is 8.51. The van der Waals surface area contributed by atoms with Gasteiger partial charge in [-0.15, -0.1) is 0 Å². The van der Waals surface area contributed by atoms with E-state index in [0.29, 0.717) is 35.4 Å². The zero-order valence-corrected chi connectivity index (χ0v) is 17.3. The average Bonchev–Trinajstić information content (AvgIpc) is 2.53. The summed E-state index contributed by atoms with van der Waals surface area (Å²) in [6.07, 6.45) is 0.903. The number of hydrogen-bond acceptors (Lipinski definition) is 4. The van der Waals surface area contributed by atoms with Gasteiger partial charge in [-0.25, -0.2) is 0 Å². The molecule has 0 aromatic heterocycles. The van der Waals surface area contributed by atoms with Gasteiger partial charge in [-0.1, -0.05) is 6.92 Å². The van der Waals surface area contributed by atoms with Crippen molar-refractivity contribution < 1.29 is 14.3 Å². The van der Waals surface area contributed by atoms with E-state index in [0.717, 1.165) is 22.2 Å². The van der Waals surface area contributed by atoms with Gasteiger partial charge in [-0.05, 0) is 73.0 Å². The third kappa shape index (κ3) is 4.52. The summed E-state index contributed by atoms with van der Waals surface area (Å²) in [5.74, 6) is 1.31. The number of hydrogen-bond donors (Lipinski definition) is 2. The summed E-state index contributed by atoms with van der Waals surface area (Å²) < 4.78 is 12.4. The van der Waals surface area contributed by atoms with Crippen LogP contribution in [0, 0.1) is 0 Å². The Balaban J connectivity index is 2.52. The third-order valence-corrected chi connectivity index (χ3v) is 4.57. The number of thiocarbonyl (C=S) groups is 1. The van der Waals surface area contributed by atoms with E-state index in [1.54, 1.807) is 6.92 Å². The molecule has 1 heterocycles. The van der Waals surface area contributed by atoms with Crippen LogP contribution in [-0.4, -0.2) is 24.1 Å². The van der Waals surface area contributed by atoms with Gasteiger partial charge < -0.3 is 20.1 Å². The smallest absolute Gasteiger partial charge is 0.175 e. The number of carbonyl (C=O) groups is 1. The van der Waals surface area contributed by atoms with Gasteiger partial charge in [0, 0.05) is 11.3 Å². The Morgan fingerprint density at radius 1 is 1.32 bits per heavy atom. The molecule has 2 N–H and O–H groups in total. The Kier molecular flexibility index (Phi) is 6.84. The Morgan fingerprint density at radius 2 is 2.04 bits per heavy atom. The van der Waals surface area contributed by atoms with Crippen LogP contribution in [0.4, 0.5) is 0 Å². The molecule has 7 heteroatoms. The van der Waals surface area contributed by atoms with Crippen LogP contribution in [0.5, 0.6) is 11.5 Å². The van der Waals surface area contributed by atoms with Crippen molar-refractivity contribution in [2.45, 2.75) is 40.2 Å². The predicted molar refractivity (Wildman–Crippen MR) is 106 cm³/mol. The number of rotatable bonds is 7. The first-order valence-electron chi connectivity index (χ1n) is 8.27. The summed E-state index contributed by atoms with van der Waals surface area (Å²) >= 11 is 8.83. The van der Waals surface area contributed by atoms with Crippen LogP contribution < -0.4 is 20.1 Å². The van der Waals surface area contributed by atoms with E-state index >= 15 is 0 Å². The molecular formula is C18H23BrN2O3S. The maximum absolute atomic E-state index is 12.2. The van der Waals surface area contributed by atoms with Crippen molar-refractivity contribution in [1.29, 1.82) is 0 Å². The number of halogens is 1. The fourth-order valence-corrected chi connectivity index (χ4v) is 3.62. The lowest BCUT2D eigenvalue weighted by Gasteiger charge is -2.30. The fourth-order valence-electron chi connectivity index (χ4n) is 2.77. The maximum atomic E-state index is 12.2. The maximum Gasteiger partial charge on any atom is 0.175 e. The van der Waals surface area contributed by atoms with Crippen LogP contribution in [0.15, 0.2) is 27.9 Å². The molecule has 0 saturated heterocycles. The lowest BCUT2D eigenvalue weighted by atomic mass is 9.93. The molecule has 5 nitrogen and oxygen atoms in total. The van der Waals surface area contributed by atoms with E-state index in [4.69, 9.17) is 21.7 Å². The van der Waals surface area contributed by atoms with Crippen LogP contribution in [-0.2, 0) is 4.79 Å². The highest BCUT2D eigenvalue weighted by Crippen LogP contribution is 2.40. The van der Waals surface area contributed by atoms with Crippen LogP contribution >= 0.6 is 28.1 Å². The Hall–Kier alpha value is -1.60. The number of ether oxygens (including phenoxy) is 2. The number of Topliss-reactive ketones (excluding diaryl/α,β-unsaturated/α-hetero) is 1. The van der Waals surface area contributed by atoms with Gasteiger partial charge in [0.1, 0.15) is 0 Å². The van der Waals surface area contributed by atoms with Gasteiger partial charge in [0.25, 0.3) is 0 Å². The summed E-state index contributed by atoms with van der Waals surface area (Å²) in [4.78, 5) is 12.2. The standard InChI is InChI=1S/C18H23BrN2O3S/c1-5-7-24-17-13(19)8-12(9-14(17)23-6-2)16-15(11(4)22)10(3)20-18(25)21-16/h8-9,16H,5-7H2,1-4H3,(H2,20,21,25). The van der Waals surface area contributed by atoms with E-state index in [1.807, 2.05) is 26.0 Å². The van der Waals surface area contributed by atoms with Crippen molar-refractivity contribution in [1.82, 2.24) is 10.6 Å². The minimum Gasteiger partial charge on any atom is -0.490 e. The lowest BCUT2D eigenvalue weighted by Crippen LogP contribution is -2.44. The summed E-state index contributed by atoms with van der Waals surface area (Å²) in [7, 11) is 0. The van der Waals surface area contributed by atoms with E-state index < -0.39 is 0 Å². The molecule has 25 heavy (non-hydrogen) atoms. The number of nitrogens with one attached hydrogen (secondary N) is 2. The first-order chi connectivity index (χ1) is 11.9. The van der Waals surface area contributed by atoms with Gasteiger partial charge in [0.2, 0.25) is 0 Å². The molecule has 1 atom stereocenters. The highest BCUT2D eigenvalue weighted by atomic mass is 79.9. The van der Waals surface area contributed by atoms with Gasteiger partial charge in [-0.3, -0.25) is 4.79 Å². The van der Waals surface area contributed by atoms with Crippen LogP contribution in [0.3, 0.4) is 0 Å². The van der Waals surface area contributed by atoms with Gasteiger partial charge in [0.15, 0.2) is 22.4 Å². The van der Waals surface area contributed by atoms with Crippen LogP contribution in [0.1, 0.15) is 45.7 Å². The third-order valence-electron chi connectivity index (χ3n) is 3.76. The second kappa shape index (κ2) is 8.67. The van der Waals surface area contributed by atoms with Crippen molar-refractivity contribution in [2.75, 3.05) is 13.2 Å². The molecule has 2 rings (SSSR count). The molecule has 1 aliphatic heterocycles. The minimum absolute atomic E-state index is 0.00890. The molecule has 1 aromatic rings. The summed E-state index contributed by atoms with van der Waals surface area (Å²) in [5.41, 5.74) is 2.30. The molecule has 136 valence electrons. The van der Waals surface area contributed by atoms with E-state index in [-0.39, 0.29) is 11.8 Å². The molecule has 0 aliphatic carbocycles. The topological polar surface area (TPSA) is 59.6 Å². The van der Waals surface area contributed by atoms with Crippen molar-refractivity contribution in [3.63, 3.8) is 0 Å². The van der Waals surface area contributed by atoms with Gasteiger partial charge in [-0.2, -0.15) is 0 Å². The van der Waals surface area contributed by atoms with Crippen LogP contribution in [0.2, 0.25) is 0 Å². The highest BCUT2D eigenvalue weighted by Gasteiger charge is 2.29. The van der Waals surface area contributed by atoms with E-state index in [9.17, 15) is 4.79 Å². The van der Waals surface area contributed by atoms with E-state index in [2.05, 4.69) is 33.5 Å². The van der Waals surface area contributed by atoms with Crippen molar-refractivity contribution in [3.05, 3.63) is 33.4 Å². The summed E-state index contributed by atoms with van der Waals surface area (Å²) in [5, 5.41) is 6.69. The molecule has 0 spiro atoms. The first kappa shape index (κ1) is 19.7. The molecule has 0 amide bonds. The Morgan fingerprint density at radius 3 is 2.64 bits per heavy atom. The SMILES string of the molecule is CCCOc1c(Br)cc(C2NC(=S)NC(C)=C2C(C)=O)cc1OCC. The van der Waals surface area contributed by atoms with Gasteiger partial charge in [0.05, 0.1) is 23.7 Å². The molecule has 0 fully saturated rings. The first-order valence-corrected chi connectivity index (χ1v) is 9.47. The number of allylic oxidation sites excluding steroid dienone is 1. The molecule has 1 unspecified atom stereocenters. The predicted octanol–water partition coefficient (Wildman–Crippen LogP) is 4.02. The number of benzene rings is 1. The normalized spacial score (nSPS) is 17.0. The van der Waals surface area contributed by atoms with Gasteiger partial charge >= 0.3 is 0 Å². The van der Waals surface area contributed by atoms with Crippen molar-refractivity contribution in [3.8, 4) is 11.5 Å². The molecule has 0 bridgehead atoms. The second-order valence-corrected chi connectivity index (χ2v) is 7.00. The Bertz CT molecular complexity index is 719. The zero-order chi connectivity index (χ0) is 18.6. The molecule has 1 aliphatic rings. The lowest BCUT2D eigenvalue weighted by molar-refractivity contribution is -0.114. The highest BCUT2D eigenvalue weighted by molar-refractivity contribution is 9.10. The molecular weight excluding hydrogens is 404 g/mol. The molecule has 0 saturated carbocycles. The Labute approximate surface area is 162 Å². The van der Waals surface area contributed by atoms with Crippen molar-refractivity contribution in [2.24, 2.45) is 0 Å². The monoisotopic (exact) mass is 426 g/mol. The largest absolute Gasteiger partial charge is 0.490 e. The summed E-state index contributed by atoms with van der Waals surface area (Å²) in [6, 6.07) is 3.51.